The number of hydrogen-bond acceptors (Lipinski definition) is 7. The minimum Gasteiger partial charge on any atom is -0.377 e. The Labute approximate surface area is 257 Å². The summed E-state index contributed by atoms with van der Waals surface area (Å²) >= 11 is 0. The summed E-state index contributed by atoms with van der Waals surface area (Å²) in [5.41, 5.74) is 3.38. The van der Waals surface area contributed by atoms with Gasteiger partial charge in [0.1, 0.15) is 12.1 Å². The number of nitrogens with one attached hydrogen (secondary N) is 3. The van der Waals surface area contributed by atoms with Crippen molar-refractivity contribution in [1.29, 1.82) is 0 Å². The van der Waals surface area contributed by atoms with Gasteiger partial charge in [-0.25, -0.2) is 5.48 Å². The number of hydrogen-bond donors (Lipinski definition) is 4. The Morgan fingerprint density at radius 2 is 1.64 bits per heavy atom. The van der Waals surface area contributed by atoms with Crippen LogP contribution in [0.5, 0.6) is 0 Å². The number of carbonyl (C=O) groups excluding carboxylic acids is 3. The SMILES string of the molecule is CNC(=O)[C@@H](NC(=O)[C@H](CCCCOCc1ccccc1)[C@H](OCc1ccc2c(ccc(=O)n2C)c1)C(=O)NO)C(C)(C)C. The van der Waals surface area contributed by atoms with Crippen molar-refractivity contribution in [3.8, 4) is 0 Å². The molecule has 11 nitrogen and oxygen atoms in total. The zero-order valence-electron chi connectivity index (χ0n) is 26.1. The molecule has 4 N–H and O–H groups in total. The highest BCUT2D eigenvalue weighted by molar-refractivity contribution is 5.92. The molecule has 3 rings (SSSR count). The van der Waals surface area contributed by atoms with Gasteiger partial charge in [0.25, 0.3) is 11.5 Å². The molecule has 0 radical (unpaired) electrons. The van der Waals surface area contributed by atoms with Gasteiger partial charge < -0.3 is 24.7 Å². The number of fused-ring (bicyclic) bond motifs is 1. The molecular weight excluding hydrogens is 564 g/mol. The first kappa shape index (κ1) is 34.4. The zero-order valence-corrected chi connectivity index (χ0v) is 26.1. The van der Waals surface area contributed by atoms with Crippen molar-refractivity contribution in [2.75, 3.05) is 13.7 Å². The van der Waals surface area contributed by atoms with Gasteiger partial charge in [0.05, 0.1) is 24.6 Å². The fourth-order valence-corrected chi connectivity index (χ4v) is 4.97. The van der Waals surface area contributed by atoms with Gasteiger partial charge in [0.2, 0.25) is 11.8 Å². The third-order valence-corrected chi connectivity index (χ3v) is 7.52. The fourth-order valence-electron chi connectivity index (χ4n) is 4.97. The molecule has 1 aromatic heterocycles. The highest BCUT2D eigenvalue weighted by Gasteiger charge is 2.39. The van der Waals surface area contributed by atoms with Gasteiger partial charge in [0.15, 0.2) is 0 Å². The van der Waals surface area contributed by atoms with Crippen LogP contribution >= 0.6 is 0 Å². The number of hydroxylamine groups is 1. The van der Waals surface area contributed by atoms with Gasteiger partial charge in [-0.05, 0) is 53.0 Å². The summed E-state index contributed by atoms with van der Waals surface area (Å²) < 4.78 is 13.3. The summed E-state index contributed by atoms with van der Waals surface area (Å²) in [7, 11) is 3.18. The second-order valence-corrected chi connectivity index (χ2v) is 11.9. The molecule has 0 bridgehead atoms. The van der Waals surface area contributed by atoms with Crippen LogP contribution in [-0.4, -0.2) is 53.3 Å². The van der Waals surface area contributed by atoms with Gasteiger partial charge in [-0.15, -0.1) is 0 Å². The van der Waals surface area contributed by atoms with E-state index in [1.165, 1.54) is 17.7 Å². The van der Waals surface area contributed by atoms with Crippen LogP contribution in [0.2, 0.25) is 0 Å². The lowest BCUT2D eigenvalue weighted by atomic mass is 9.85. The van der Waals surface area contributed by atoms with Crippen molar-refractivity contribution >= 4 is 28.6 Å². The van der Waals surface area contributed by atoms with Gasteiger partial charge in [-0.3, -0.25) is 24.4 Å². The topological polar surface area (TPSA) is 148 Å². The standard InChI is InChI=1S/C33H44N4O7/c1-33(2,3)29(32(41)34-4)35-30(39)25(13-9-10-18-43-20-22-11-7-6-8-12-22)28(31(40)36-42)44-21-23-14-16-26-24(19-23)15-17-27(38)37(26)5/h6-8,11-12,14-17,19,25,28-29,42H,9-10,13,18,20-21H2,1-5H3,(H,34,41)(H,35,39)(H,36,40)/t25-,28+,29-/m1/s1. The Morgan fingerprint density at radius 1 is 0.909 bits per heavy atom. The first-order valence-electron chi connectivity index (χ1n) is 14.7. The van der Waals surface area contributed by atoms with Crippen LogP contribution in [0.4, 0.5) is 0 Å². The van der Waals surface area contributed by atoms with E-state index in [2.05, 4.69) is 10.6 Å². The zero-order chi connectivity index (χ0) is 32.3. The van der Waals surface area contributed by atoms with E-state index in [1.807, 2.05) is 57.2 Å². The van der Waals surface area contributed by atoms with Crippen LogP contribution in [0, 0.1) is 11.3 Å². The summed E-state index contributed by atoms with van der Waals surface area (Å²) in [4.78, 5) is 51.3. The molecular formula is C33H44N4O7. The molecule has 0 unspecified atom stereocenters. The highest BCUT2D eigenvalue weighted by atomic mass is 16.5. The van der Waals surface area contributed by atoms with Crippen molar-refractivity contribution in [2.45, 2.75) is 65.4 Å². The molecule has 238 valence electrons. The van der Waals surface area contributed by atoms with Crippen molar-refractivity contribution in [3.63, 3.8) is 0 Å². The van der Waals surface area contributed by atoms with Gasteiger partial charge in [0, 0.05) is 26.8 Å². The molecule has 0 aliphatic rings. The predicted molar refractivity (Wildman–Crippen MR) is 167 cm³/mol. The number of aryl methyl sites for hydroxylation is 1. The van der Waals surface area contributed by atoms with E-state index in [0.29, 0.717) is 31.6 Å². The Balaban J connectivity index is 1.78. The van der Waals surface area contributed by atoms with E-state index in [9.17, 15) is 24.4 Å². The second-order valence-electron chi connectivity index (χ2n) is 11.9. The number of ether oxygens (including phenoxy) is 2. The molecule has 3 amide bonds. The van der Waals surface area contributed by atoms with Crippen LogP contribution in [-0.2, 0) is 44.1 Å². The number of aromatic nitrogens is 1. The van der Waals surface area contributed by atoms with Crippen molar-refractivity contribution < 1.29 is 29.1 Å². The smallest absolute Gasteiger partial charge is 0.273 e. The van der Waals surface area contributed by atoms with Crippen molar-refractivity contribution in [3.05, 3.63) is 82.1 Å². The first-order valence-corrected chi connectivity index (χ1v) is 14.7. The number of likely N-dealkylation sites (N-methyl/N-ethyl adjacent to an activating group) is 1. The lowest BCUT2D eigenvalue weighted by Crippen LogP contribution is -2.56. The monoisotopic (exact) mass is 608 g/mol. The minimum atomic E-state index is -1.36. The molecule has 0 aliphatic carbocycles. The number of carbonyl (C=O) groups is 3. The van der Waals surface area contributed by atoms with Gasteiger partial charge in [-0.1, -0.05) is 63.6 Å². The van der Waals surface area contributed by atoms with E-state index in [0.717, 1.165) is 16.5 Å². The Kier molecular flexibility index (Phi) is 12.6. The van der Waals surface area contributed by atoms with E-state index in [1.54, 1.807) is 30.7 Å². The molecule has 44 heavy (non-hydrogen) atoms. The van der Waals surface area contributed by atoms with Gasteiger partial charge in [-0.2, -0.15) is 0 Å². The summed E-state index contributed by atoms with van der Waals surface area (Å²) in [6.07, 6.45) is 0.0240. The number of rotatable bonds is 15. The number of benzene rings is 2. The van der Waals surface area contributed by atoms with Crippen LogP contribution < -0.4 is 21.7 Å². The maximum Gasteiger partial charge on any atom is 0.273 e. The molecule has 0 saturated carbocycles. The summed E-state index contributed by atoms with van der Waals surface area (Å²) in [6.45, 7) is 6.35. The van der Waals surface area contributed by atoms with E-state index in [4.69, 9.17) is 9.47 Å². The quantitative estimate of drug-likeness (QED) is 0.118. The lowest BCUT2D eigenvalue weighted by molar-refractivity contribution is -0.153. The number of amides is 3. The predicted octanol–water partition coefficient (Wildman–Crippen LogP) is 3.21. The Morgan fingerprint density at radius 3 is 2.30 bits per heavy atom. The molecule has 1 heterocycles. The minimum absolute atomic E-state index is 0.0427. The average molecular weight is 609 g/mol. The molecule has 0 fully saturated rings. The number of pyridine rings is 1. The molecule has 3 aromatic rings. The Bertz CT molecular complexity index is 1470. The second kappa shape index (κ2) is 16.1. The lowest BCUT2D eigenvalue weighted by Gasteiger charge is -2.32. The van der Waals surface area contributed by atoms with E-state index in [-0.39, 0.29) is 24.5 Å². The van der Waals surface area contributed by atoms with Crippen LogP contribution in [0.1, 0.15) is 51.2 Å². The summed E-state index contributed by atoms with van der Waals surface area (Å²) in [5.74, 6) is -2.80. The number of nitrogens with zero attached hydrogens (tertiary/aromatic N) is 1. The molecule has 0 spiro atoms. The fraction of sp³-hybridized carbons (Fsp3) is 0.455. The molecule has 3 atom stereocenters. The van der Waals surface area contributed by atoms with E-state index >= 15 is 0 Å². The first-order chi connectivity index (χ1) is 21.0. The summed E-state index contributed by atoms with van der Waals surface area (Å²) in [5, 5.41) is 15.8. The largest absolute Gasteiger partial charge is 0.377 e. The maximum atomic E-state index is 13.7. The van der Waals surface area contributed by atoms with E-state index < -0.39 is 35.3 Å². The third kappa shape index (κ3) is 9.47. The van der Waals surface area contributed by atoms with Crippen LogP contribution in [0.15, 0.2) is 65.5 Å². The number of unbranched alkanes of at least 4 members (excludes halogenated alkanes) is 1. The van der Waals surface area contributed by atoms with Crippen LogP contribution in [0.3, 0.4) is 0 Å². The average Bonchev–Trinajstić information content (AvgIpc) is 3.01. The molecule has 0 saturated heterocycles. The van der Waals surface area contributed by atoms with Gasteiger partial charge >= 0.3 is 0 Å². The van der Waals surface area contributed by atoms with Crippen molar-refractivity contribution in [1.82, 2.24) is 20.7 Å². The highest BCUT2D eigenvalue weighted by Crippen LogP contribution is 2.24. The molecule has 0 aliphatic heterocycles. The normalized spacial score (nSPS) is 13.6. The Hall–Kier alpha value is -4.06. The van der Waals surface area contributed by atoms with Crippen molar-refractivity contribution in [2.24, 2.45) is 18.4 Å². The molecule has 2 aromatic carbocycles. The maximum absolute atomic E-state index is 13.7. The molecule has 11 heteroatoms. The van der Waals surface area contributed by atoms with Crippen LogP contribution in [0.25, 0.3) is 10.9 Å². The summed E-state index contributed by atoms with van der Waals surface area (Å²) in [6, 6.07) is 17.5. The third-order valence-electron chi connectivity index (χ3n) is 7.52.